The van der Waals surface area contributed by atoms with E-state index in [9.17, 15) is 8.42 Å². The maximum atomic E-state index is 11.2. The molecule has 4 heteroatoms. The van der Waals surface area contributed by atoms with Crippen molar-refractivity contribution < 1.29 is 8.42 Å². The summed E-state index contributed by atoms with van der Waals surface area (Å²) in [7, 11) is -2.40. The predicted molar refractivity (Wildman–Crippen MR) is 88.5 cm³/mol. The first-order valence-corrected chi connectivity index (χ1v) is 9.45. The molecule has 0 aromatic heterocycles. The number of nitrogens with zero attached hydrogens (tertiary/aromatic N) is 1. The van der Waals surface area contributed by atoms with Crippen LogP contribution >= 0.6 is 0 Å². The van der Waals surface area contributed by atoms with E-state index in [-0.39, 0.29) is 0 Å². The van der Waals surface area contributed by atoms with Crippen molar-refractivity contribution in [3.8, 4) is 0 Å². The molecule has 0 rings (SSSR count). The average molecular weight is 306 g/mol. The molecule has 0 spiro atoms. The number of thiol groups is 1. The van der Waals surface area contributed by atoms with Crippen molar-refractivity contribution in [3.05, 3.63) is 0 Å². The van der Waals surface area contributed by atoms with Crippen molar-refractivity contribution in [2.24, 2.45) is 11.8 Å². The van der Waals surface area contributed by atoms with Gasteiger partial charge in [0, 0.05) is 13.1 Å². The highest BCUT2D eigenvalue weighted by atomic mass is 32.2. The van der Waals surface area contributed by atoms with Crippen molar-refractivity contribution in [1.29, 1.82) is 0 Å². The summed E-state index contributed by atoms with van der Waals surface area (Å²) in [6.07, 6.45) is 9.23. The second kappa shape index (κ2) is 12.6. The van der Waals surface area contributed by atoms with Crippen LogP contribution in [0.2, 0.25) is 0 Å². The fourth-order valence-corrected chi connectivity index (χ4v) is 2.93. The molecule has 0 radical (unpaired) electrons. The SMILES string of the molecule is CC(C)CCCCCN(CCCCCC(C)C)[SH](=O)=O. The Morgan fingerprint density at radius 3 is 1.40 bits per heavy atom. The Bertz CT molecular complexity index is 262. The minimum atomic E-state index is -2.40. The van der Waals surface area contributed by atoms with E-state index in [4.69, 9.17) is 0 Å². The summed E-state index contributed by atoms with van der Waals surface area (Å²) < 4.78 is 24.1. The van der Waals surface area contributed by atoms with Gasteiger partial charge in [-0.25, -0.2) is 12.7 Å². The van der Waals surface area contributed by atoms with Crippen molar-refractivity contribution in [2.75, 3.05) is 13.1 Å². The van der Waals surface area contributed by atoms with E-state index in [1.807, 2.05) is 0 Å². The molecule has 0 fully saturated rings. The molecule has 0 N–H and O–H groups in total. The van der Waals surface area contributed by atoms with Gasteiger partial charge in [-0.2, -0.15) is 0 Å². The van der Waals surface area contributed by atoms with Crippen molar-refractivity contribution in [1.82, 2.24) is 4.31 Å². The van der Waals surface area contributed by atoms with Crippen LogP contribution in [0.3, 0.4) is 0 Å². The lowest BCUT2D eigenvalue weighted by Crippen LogP contribution is -2.24. The molecule has 0 aromatic carbocycles. The summed E-state index contributed by atoms with van der Waals surface area (Å²) in [5, 5.41) is 0. The average Bonchev–Trinajstić information content (AvgIpc) is 2.34. The molecule has 0 unspecified atom stereocenters. The molecule has 122 valence electrons. The second-order valence-electron chi connectivity index (χ2n) is 6.68. The van der Waals surface area contributed by atoms with Crippen molar-refractivity contribution >= 4 is 10.9 Å². The Hall–Kier alpha value is -0.0900. The summed E-state index contributed by atoms with van der Waals surface area (Å²) in [5.74, 6) is 1.51. The third-order valence-corrected chi connectivity index (χ3v) is 4.49. The van der Waals surface area contributed by atoms with E-state index in [2.05, 4.69) is 27.7 Å². The van der Waals surface area contributed by atoms with E-state index in [0.717, 1.165) is 37.5 Å². The summed E-state index contributed by atoms with van der Waals surface area (Å²) >= 11 is 0. The molecule has 0 amide bonds. The summed E-state index contributed by atoms with van der Waals surface area (Å²) in [4.78, 5) is 0. The molecule has 0 saturated carbocycles. The summed E-state index contributed by atoms with van der Waals surface area (Å²) in [6.45, 7) is 10.4. The number of hydrogen-bond donors (Lipinski definition) is 1. The number of unbranched alkanes of at least 4 members (excludes halogenated alkanes) is 4. The largest absolute Gasteiger partial charge is 0.215 e. The van der Waals surface area contributed by atoms with Crippen molar-refractivity contribution in [2.45, 2.75) is 79.1 Å². The molecule has 0 heterocycles. The van der Waals surface area contributed by atoms with Gasteiger partial charge in [-0.1, -0.05) is 66.2 Å². The molecule has 0 saturated heterocycles. The van der Waals surface area contributed by atoms with E-state index >= 15 is 0 Å². The highest BCUT2D eigenvalue weighted by Crippen LogP contribution is 2.11. The van der Waals surface area contributed by atoms with Crippen LogP contribution in [0.1, 0.15) is 79.1 Å². The van der Waals surface area contributed by atoms with Crippen LogP contribution in [0.15, 0.2) is 0 Å². The van der Waals surface area contributed by atoms with Crippen LogP contribution in [0, 0.1) is 11.8 Å². The zero-order valence-corrected chi connectivity index (χ0v) is 14.8. The minimum Gasteiger partial charge on any atom is -0.215 e. The molecule has 3 nitrogen and oxygen atoms in total. The van der Waals surface area contributed by atoms with E-state index in [1.54, 1.807) is 4.31 Å². The van der Waals surface area contributed by atoms with Crippen LogP contribution in [0.4, 0.5) is 0 Å². The first kappa shape index (κ1) is 19.9. The quantitative estimate of drug-likeness (QED) is 0.408. The van der Waals surface area contributed by atoms with Gasteiger partial charge in [-0.3, -0.25) is 0 Å². The van der Waals surface area contributed by atoms with Gasteiger partial charge < -0.3 is 0 Å². The topological polar surface area (TPSA) is 37.4 Å². The maximum absolute atomic E-state index is 11.2. The lowest BCUT2D eigenvalue weighted by molar-refractivity contribution is 0.389. The fraction of sp³-hybridized carbons (Fsp3) is 1.00. The number of hydrogen-bond acceptors (Lipinski definition) is 2. The molecule has 0 aliphatic heterocycles. The summed E-state index contributed by atoms with van der Waals surface area (Å²) in [6, 6.07) is 0. The Labute approximate surface area is 128 Å². The molecular weight excluding hydrogens is 270 g/mol. The van der Waals surface area contributed by atoms with E-state index in [1.165, 1.54) is 25.7 Å². The highest BCUT2D eigenvalue weighted by Gasteiger charge is 2.06. The van der Waals surface area contributed by atoms with Gasteiger partial charge >= 0.3 is 0 Å². The van der Waals surface area contributed by atoms with E-state index < -0.39 is 10.9 Å². The zero-order chi connectivity index (χ0) is 15.4. The van der Waals surface area contributed by atoms with Crippen LogP contribution in [-0.2, 0) is 10.9 Å². The normalized spacial score (nSPS) is 12.2. The van der Waals surface area contributed by atoms with Gasteiger partial charge in [-0.15, -0.1) is 0 Å². The standard InChI is InChI=1S/C16H35NO2S/c1-15(2)11-7-5-9-13-17(20(18)19)14-10-6-8-12-16(3)4/h15-16,20H,5-14H2,1-4H3. The minimum absolute atomic E-state index is 0.709. The van der Waals surface area contributed by atoms with Crippen LogP contribution in [0.25, 0.3) is 0 Å². The number of rotatable bonds is 13. The van der Waals surface area contributed by atoms with Gasteiger partial charge in [0.15, 0.2) is 0 Å². The monoisotopic (exact) mass is 305 g/mol. The lowest BCUT2D eigenvalue weighted by atomic mass is 10.1. The fourth-order valence-electron chi connectivity index (χ4n) is 2.32. The van der Waals surface area contributed by atoms with Crippen LogP contribution < -0.4 is 0 Å². The van der Waals surface area contributed by atoms with Gasteiger partial charge in [0.2, 0.25) is 10.9 Å². The first-order valence-electron chi connectivity index (χ1n) is 8.32. The molecule has 0 atom stereocenters. The molecule has 0 aromatic rings. The third kappa shape index (κ3) is 12.9. The van der Waals surface area contributed by atoms with Gasteiger partial charge in [-0.05, 0) is 24.7 Å². The Kier molecular flexibility index (Phi) is 12.6. The molecular formula is C16H35NO2S. The molecule has 0 bridgehead atoms. The summed E-state index contributed by atoms with van der Waals surface area (Å²) in [5.41, 5.74) is 0. The van der Waals surface area contributed by atoms with Crippen LogP contribution in [-0.4, -0.2) is 25.8 Å². The van der Waals surface area contributed by atoms with Gasteiger partial charge in [0.05, 0.1) is 0 Å². The molecule has 0 aliphatic rings. The highest BCUT2D eigenvalue weighted by molar-refractivity contribution is 7.69. The Balaban J connectivity index is 3.66. The Morgan fingerprint density at radius 1 is 0.700 bits per heavy atom. The van der Waals surface area contributed by atoms with Crippen molar-refractivity contribution in [3.63, 3.8) is 0 Å². The predicted octanol–water partition coefficient (Wildman–Crippen LogP) is 4.25. The lowest BCUT2D eigenvalue weighted by Gasteiger charge is -2.15. The third-order valence-electron chi connectivity index (χ3n) is 3.63. The van der Waals surface area contributed by atoms with Gasteiger partial charge in [0.25, 0.3) is 0 Å². The smallest absolute Gasteiger partial charge is 0.203 e. The van der Waals surface area contributed by atoms with Gasteiger partial charge in [0.1, 0.15) is 0 Å². The first-order chi connectivity index (χ1) is 9.43. The molecule has 20 heavy (non-hydrogen) atoms. The molecule has 0 aliphatic carbocycles. The maximum Gasteiger partial charge on any atom is 0.203 e. The van der Waals surface area contributed by atoms with Crippen LogP contribution in [0.5, 0.6) is 0 Å². The zero-order valence-electron chi connectivity index (χ0n) is 13.9. The van der Waals surface area contributed by atoms with E-state index in [0.29, 0.717) is 13.1 Å². The second-order valence-corrected chi connectivity index (χ2v) is 7.72. The Morgan fingerprint density at radius 2 is 1.10 bits per heavy atom.